The van der Waals surface area contributed by atoms with E-state index in [1.165, 1.54) is 4.90 Å². The van der Waals surface area contributed by atoms with Crippen LogP contribution < -0.4 is 4.74 Å². The molecule has 1 amide bonds. The van der Waals surface area contributed by atoms with E-state index in [0.29, 0.717) is 16.8 Å². The van der Waals surface area contributed by atoms with Crippen LogP contribution >= 0.6 is 11.6 Å². The molecule has 1 fully saturated rings. The Balaban J connectivity index is 1.61. The quantitative estimate of drug-likeness (QED) is 0.684. The summed E-state index contributed by atoms with van der Waals surface area (Å²) in [6.07, 6.45) is -4.64. The van der Waals surface area contributed by atoms with Crippen LogP contribution in [0.4, 0.5) is 13.2 Å². The van der Waals surface area contributed by atoms with Gasteiger partial charge in [0, 0.05) is 26.2 Å². The Morgan fingerprint density at radius 1 is 1.03 bits per heavy atom. The number of carbonyl (C=O) groups is 1. The van der Waals surface area contributed by atoms with Crippen molar-refractivity contribution in [1.29, 1.82) is 0 Å². The smallest absolute Gasteiger partial charge is 0.416 e. The number of alkyl halides is 3. The summed E-state index contributed by atoms with van der Waals surface area (Å²) in [4.78, 5) is 13.3. The van der Waals surface area contributed by atoms with Crippen molar-refractivity contribution in [2.75, 3.05) is 32.8 Å². The van der Waals surface area contributed by atoms with Gasteiger partial charge in [-0.2, -0.15) is 17.5 Å². The molecule has 0 atom stereocenters. The first-order chi connectivity index (χ1) is 14.1. The number of para-hydroxylation sites is 1. The van der Waals surface area contributed by atoms with Crippen molar-refractivity contribution in [3.63, 3.8) is 0 Å². The summed E-state index contributed by atoms with van der Waals surface area (Å²) >= 11 is 5.97. The SMILES string of the molecule is O=C(COc1ccccc1Cl)N1CCN(S(=O)(=O)c2cccc(C(F)(F)F)c2)CC1. The molecule has 1 heterocycles. The van der Waals surface area contributed by atoms with E-state index in [9.17, 15) is 26.4 Å². The molecular weight excluding hydrogens is 445 g/mol. The monoisotopic (exact) mass is 462 g/mol. The van der Waals surface area contributed by atoms with E-state index in [2.05, 4.69) is 0 Å². The maximum atomic E-state index is 12.9. The van der Waals surface area contributed by atoms with Gasteiger partial charge in [-0.1, -0.05) is 29.8 Å². The molecule has 6 nitrogen and oxygen atoms in total. The third kappa shape index (κ3) is 5.05. The van der Waals surface area contributed by atoms with Crippen molar-refractivity contribution in [2.24, 2.45) is 0 Å². The molecule has 0 aliphatic carbocycles. The Kier molecular flexibility index (Phi) is 6.59. The fraction of sp³-hybridized carbons (Fsp3) is 0.316. The Bertz CT molecular complexity index is 1020. The van der Waals surface area contributed by atoms with Crippen LogP contribution in [0.1, 0.15) is 5.56 Å². The summed E-state index contributed by atoms with van der Waals surface area (Å²) in [5.41, 5.74) is -1.03. The number of nitrogens with zero attached hydrogens (tertiary/aromatic N) is 2. The van der Waals surface area contributed by atoms with Gasteiger partial charge in [-0.15, -0.1) is 0 Å². The summed E-state index contributed by atoms with van der Waals surface area (Å²) in [5.74, 6) is 0.0179. The molecule has 3 rings (SSSR count). The maximum absolute atomic E-state index is 12.9. The highest BCUT2D eigenvalue weighted by atomic mass is 35.5. The molecule has 0 spiro atoms. The van der Waals surface area contributed by atoms with Crippen molar-refractivity contribution in [3.8, 4) is 5.75 Å². The van der Waals surface area contributed by atoms with Crippen molar-refractivity contribution in [1.82, 2.24) is 9.21 Å². The zero-order valence-electron chi connectivity index (χ0n) is 15.6. The average Bonchev–Trinajstić information content (AvgIpc) is 2.72. The molecule has 30 heavy (non-hydrogen) atoms. The lowest BCUT2D eigenvalue weighted by molar-refractivity contribution is -0.138. The Labute approximate surface area is 176 Å². The van der Waals surface area contributed by atoms with E-state index >= 15 is 0 Å². The van der Waals surface area contributed by atoms with E-state index in [1.807, 2.05) is 0 Å². The van der Waals surface area contributed by atoms with E-state index < -0.39 is 26.7 Å². The largest absolute Gasteiger partial charge is 0.482 e. The molecule has 0 radical (unpaired) electrons. The number of piperazine rings is 1. The van der Waals surface area contributed by atoms with E-state index in [4.69, 9.17) is 16.3 Å². The van der Waals surface area contributed by atoms with Crippen molar-refractivity contribution >= 4 is 27.5 Å². The number of hydrogen-bond donors (Lipinski definition) is 0. The zero-order valence-corrected chi connectivity index (χ0v) is 17.2. The molecule has 2 aromatic carbocycles. The lowest BCUT2D eigenvalue weighted by Crippen LogP contribution is -2.51. The summed E-state index contributed by atoms with van der Waals surface area (Å²) < 4.78 is 70.5. The van der Waals surface area contributed by atoms with Gasteiger partial charge in [0.15, 0.2) is 6.61 Å². The second-order valence-corrected chi connectivity index (χ2v) is 8.87. The molecule has 1 aliphatic rings. The van der Waals surface area contributed by atoms with Gasteiger partial charge in [-0.05, 0) is 30.3 Å². The van der Waals surface area contributed by atoms with Crippen LogP contribution in [0.25, 0.3) is 0 Å². The molecule has 0 bridgehead atoms. The van der Waals surface area contributed by atoms with Gasteiger partial charge in [-0.3, -0.25) is 4.79 Å². The van der Waals surface area contributed by atoms with E-state index in [1.54, 1.807) is 24.3 Å². The first-order valence-corrected chi connectivity index (χ1v) is 10.7. The topological polar surface area (TPSA) is 66.9 Å². The van der Waals surface area contributed by atoms with Gasteiger partial charge in [0.1, 0.15) is 5.75 Å². The number of rotatable bonds is 5. The van der Waals surface area contributed by atoms with E-state index in [0.717, 1.165) is 22.5 Å². The van der Waals surface area contributed by atoms with Crippen LogP contribution in [0.3, 0.4) is 0 Å². The molecule has 0 unspecified atom stereocenters. The highest BCUT2D eigenvalue weighted by molar-refractivity contribution is 7.89. The lowest BCUT2D eigenvalue weighted by Gasteiger charge is -2.34. The van der Waals surface area contributed by atoms with Gasteiger partial charge in [0.05, 0.1) is 15.5 Å². The number of benzene rings is 2. The van der Waals surface area contributed by atoms with Gasteiger partial charge < -0.3 is 9.64 Å². The maximum Gasteiger partial charge on any atom is 0.416 e. The second kappa shape index (κ2) is 8.83. The molecule has 11 heteroatoms. The molecule has 0 N–H and O–H groups in total. The third-order valence-corrected chi connectivity index (χ3v) is 6.79. The number of ether oxygens (including phenoxy) is 1. The standard InChI is InChI=1S/C19H18ClF3N2O4S/c20-16-6-1-2-7-17(16)29-13-18(26)24-8-10-25(11-9-24)30(27,28)15-5-3-4-14(12-15)19(21,22)23/h1-7,12H,8-11,13H2. The minimum absolute atomic E-state index is 0.0313. The molecule has 2 aromatic rings. The minimum Gasteiger partial charge on any atom is -0.482 e. The molecule has 162 valence electrons. The Morgan fingerprint density at radius 2 is 1.70 bits per heavy atom. The molecule has 1 saturated heterocycles. The first kappa shape index (κ1) is 22.4. The van der Waals surface area contributed by atoms with E-state index in [-0.39, 0.29) is 38.7 Å². The fourth-order valence-electron chi connectivity index (χ4n) is 2.95. The summed E-state index contributed by atoms with van der Waals surface area (Å²) in [7, 11) is -4.11. The average molecular weight is 463 g/mol. The zero-order chi connectivity index (χ0) is 21.9. The molecule has 0 aromatic heterocycles. The van der Waals surface area contributed by atoms with Crippen LogP contribution in [0.2, 0.25) is 5.02 Å². The normalized spacial score (nSPS) is 15.8. The highest BCUT2D eigenvalue weighted by Crippen LogP contribution is 2.31. The predicted octanol–water partition coefficient (Wildman–Crippen LogP) is 3.27. The summed E-state index contributed by atoms with van der Waals surface area (Å²) in [5, 5.41) is 0.363. The number of halogens is 4. The third-order valence-electron chi connectivity index (χ3n) is 4.58. The van der Waals surface area contributed by atoms with Crippen molar-refractivity contribution in [2.45, 2.75) is 11.1 Å². The number of sulfonamides is 1. The van der Waals surface area contributed by atoms with Crippen molar-refractivity contribution in [3.05, 3.63) is 59.1 Å². The molecule has 0 saturated carbocycles. The van der Waals surface area contributed by atoms with Gasteiger partial charge >= 0.3 is 6.18 Å². The van der Waals surface area contributed by atoms with Gasteiger partial charge in [0.25, 0.3) is 5.91 Å². The molecular formula is C19H18ClF3N2O4S. The predicted molar refractivity (Wildman–Crippen MR) is 104 cm³/mol. The van der Waals surface area contributed by atoms with Crippen molar-refractivity contribution < 1.29 is 31.1 Å². The van der Waals surface area contributed by atoms with Crippen LogP contribution in [-0.4, -0.2) is 56.3 Å². The van der Waals surface area contributed by atoms with Crippen LogP contribution in [0.5, 0.6) is 5.75 Å². The van der Waals surface area contributed by atoms with Gasteiger partial charge in [-0.25, -0.2) is 8.42 Å². The number of amides is 1. The lowest BCUT2D eigenvalue weighted by atomic mass is 10.2. The number of carbonyl (C=O) groups excluding carboxylic acids is 1. The highest BCUT2D eigenvalue weighted by Gasteiger charge is 2.34. The summed E-state index contributed by atoms with van der Waals surface area (Å²) in [6.45, 7) is -0.122. The van der Waals surface area contributed by atoms with Gasteiger partial charge in [0.2, 0.25) is 10.0 Å². The summed E-state index contributed by atoms with van der Waals surface area (Å²) in [6, 6.07) is 10.3. The van der Waals surface area contributed by atoms with Crippen LogP contribution in [-0.2, 0) is 21.0 Å². The molecule has 1 aliphatic heterocycles. The Hall–Kier alpha value is -2.30. The number of hydrogen-bond acceptors (Lipinski definition) is 4. The second-order valence-electron chi connectivity index (χ2n) is 6.53. The van der Waals surface area contributed by atoms with Crippen LogP contribution in [0, 0.1) is 0 Å². The van der Waals surface area contributed by atoms with Crippen LogP contribution in [0.15, 0.2) is 53.4 Å². The Morgan fingerprint density at radius 3 is 2.33 bits per heavy atom. The fourth-order valence-corrected chi connectivity index (χ4v) is 4.61. The first-order valence-electron chi connectivity index (χ1n) is 8.91. The minimum atomic E-state index is -4.64.